The number of aliphatic hydroxyl groups is 1. The van der Waals surface area contributed by atoms with Crippen LogP contribution in [0.4, 0.5) is 0 Å². The molecule has 2 rings (SSSR count). The maximum Gasteiger partial charge on any atom is 0.234 e. The zero-order valence-electron chi connectivity index (χ0n) is 13.8. The van der Waals surface area contributed by atoms with Crippen molar-refractivity contribution in [2.45, 2.75) is 39.3 Å². The summed E-state index contributed by atoms with van der Waals surface area (Å²) in [6.07, 6.45) is 0.623. The molecule has 122 valence electrons. The van der Waals surface area contributed by atoms with Crippen LogP contribution in [-0.4, -0.2) is 41.7 Å². The van der Waals surface area contributed by atoms with Crippen LogP contribution < -0.4 is 5.32 Å². The van der Waals surface area contributed by atoms with Gasteiger partial charge in [-0.1, -0.05) is 51.1 Å². The molecule has 1 amide bonds. The summed E-state index contributed by atoms with van der Waals surface area (Å²) in [6.45, 7) is 8.12. The topological polar surface area (TPSA) is 52.6 Å². The van der Waals surface area contributed by atoms with Gasteiger partial charge in [0.2, 0.25) is 5.91 Å². The Labute approximate surface area is 133 Å². The molecule has 1 saturated heterocycles. The lowest BCUT2D eigenvalue weighted by molar-refractivity contribution is -0.124. The number of benzene rings is 1. The smallest absolute Gasteiger partial charge is 0.234 e. The lowest BCUT2D eigenvalue weighted by Crippen LogP contribution is -2.47. The van der Waals surface area contributed by atoms with Gasteiger partial charge in [-0.05, 0) is 30.4 Å². The molecule has 1 aliphatic heterocycles. The second kappa shape index (κ2) is 7.75. The normalized spacial score (nSPS) is 24.2. The molecule has 1 aromatic rings. The molecule has 22 heavy (non-hydrogen) atoms. The average Bonchev–Trinajstić information content (AvgIpc) is 2.49. The number of likely N-dealkylation sites (tertiary alicyclic amines) is 1. The Morgan fingerprint density at radius 3 is 2.64 bits per heavy atom. The SMILES string of the molecule is CC(C)C(NC(=O)CN1CCC(C)C(O)C1)c1ccccc1. The van der Waals surface area contributed by atoms with Gasteiger partial charge in [0.15, 0.2) is 0 Å². The predicted octanol–water partition coefficient (Wildman–Crippen LogP) is 2.20. The highest BCUT2D eigenvalue weighted by Gasteiger charge is 2.26. The molecule has 1 aromatic carbocycles. The van der Waals surface area contributed by atoms with Crippen LogP contribution in [0.1, 0.15) is 38.8 Å². The Hall–Kier alpha value is -1.39. The van der Waals surface area contributed by atoms with Crippen molar-refractivity contribution in [3.8, 4) is 0 Å². The number of rotatable bonds is 5. The van der Waals surface area contributed by atoms with E-state index < -0.39 is 0 Å². The summed E-state index contributed by atoms with van der Waals surface area (Å²) in [6, 6.07) is 10.1. The minimum Gasteiger partial charge on any atom is -0.392 e. The first-order valence-corrected chi connectivity index (χ1v) is 8.22. The molecule has 0 radical (unpaired) electrons. The lowest BCUT2D eigenvalue weighted by atomic mass is 9.95. The van der Waals surface area contributed by atoms with E-state index in [1.807, 2.05) is 23.1 Å². The molecule has 2 N–H and O–H groups in total. The average molecular weight is 304 g/mol. The van der Waals surface area contributed by atoms with Crippen molar-refractivity contribution in [3.05, 3.63) is 35.9 Å². The monoisotopic (exact) mass is 304 g/mol. The van der Waals surface area contributed by atoms with Gasteiger partial charge in [-0.15, -0.1) is 0 Å². The largest absolute Gasteiger partial charge is 0.392 e. The summed E-state index contributed by atoms with van der Waals surface area (Å²) >= 11 is 0. The number of β-amino-alcohol motifs (C(OH)–C–C–N with tert-alkyl or cyclic N) is 1. The Balaban J connectivity index is 1.92. The van der Waals surface area contributed by atoms with Crippen LogP contribution in [0.25, 0.3) is 0 Å². The zero-order valence-corrected chi connectivity index (χ0v) is 13.8. The Morgan fingerprint density at radius 1 is 1.36 bits per heavy atom. The maximum atomic E-state index is 12.4. The van der Waals surface area contributed by atoms with Gasteiger partial charge in [-0.3, -0.25) is 9.69 Å². The Kier molecular flexibility index (Phi) is 5.98. The number of hydrogen-bond donors (Lipinski definition) is 2. The molecule has 3 atom stereocenters. The number of hydrogen-bond acceptors (Lipinski definition) is 3. The van der Waals surface area contributed by atoms with Crippen molar-refractivity contribution in [2.24, 2.45) is 11.8 Å². The van der Waals surface area contributed by atoms with E-state index in [9.17, 15) is 9.90 Å². The summed E-state index contributed by atoms with van der Waals surface area (Å²) < 4.78 is 0. The first-order valence-electron chi connectivity index (χ1n) is 8.22. The highest BCUT2D eigenvalue weighted by molar-refractivity contribution is 5.78. The van der Waals surface area contributed by atoms with Crippen LogP contribution in [0.3, 0.4) is 0 Å². The number of carbonyl (C=O) groups is 1. The van der Waals surface area contributed by atoms with Crippen LogP contribution >= 0.6 is 0 Å². The molecular weight excluding hydrogens is 276 g/mol. The fraction of sp³-hybridized carbons (Fsp3) is 0.611. The molecule has 0 saturated carbocycles. The Bertz CT molecular complexity index is 475. The van der Waals surface area contributed by atoms with E-state index in [0.717, 1.165) is 18.5 Å². The molecule has 0 spiro atoms. The molecule has 0 aromatic heterocycles. The van der Waals surface area contributed by atoms with E-state index in [2.05, 4.69) is 38.2 Å². The van der Waals surface area contributed by atoms with E-state index in [0.29, 0.717) is 24.9 Å². The number of aliphatic hydroxyl groups excluding tert-OH is 1. The molecule has 0 bridgehead atoms. The predicted molar refractivity (Wildman–Crippen MR) is 88.4 cm³/mol. The van der Waals surface area contributed by atoms with E-state index in [1.54, 1.807) is 0 Å². The summed E-state index contributed by atoms with van der Waals surface area (Å²) in [7, 11) is 0. The van der Waals surface area contributed by atoms with E-state index in [4.69, 9.17) is 0 Å². The third kappa shape index (κ3) is 4.55. The van der Waals surface area contributed by atoms with Crippen molar-refractivity contribution in [1.29, 1.82) is 0 Å². The van der Waals surface area contributed by atoms with Gasteiger partial charge in [0, 0.05) is 6.54 Å². The first-order chi connectivity index (χ1) is 10.5. The standard InChI is InChI=1S/C18H28N2O2/c1-13(2)18(15-7-5-4-6-8-15)19-17(22)12-20-10-9-14(3)16(21)11-20/h4-8,13-14,16,18,21H,9-12H2,1-3H3,(H,19,22). The number of amides is 1. The van der Waals surface area contributed by atoms with Crippen molar-refractivity contribution >= 4 is 5.91 Å². The number of nitrogens with zero attached hydrogens (tertiary/aromatic N) is 1. The molecule has 1 heterocycles. The van der Waals surface area contributed by atoms with Gasteiger partial charge < -0.3 is 10.4 Å². The molecule has 0 aliphatic carbocycles. The zero-order chi connectivity index (χ0) is 16.1. The van der Waals surface area contributed by atoms with Gasteiger partial charge >= 0.3 is 0 Å². The van der Waals surface area contributed by atoms with Crippen LogP contribution in [-0.2, 0) is 4.79 Å². The number of nitrogens with one attached hydrogen (secondary N) is 1. The minimum absolute atomic E-state index is 0.0299. The van der Waals surface area contributed by atoms with Gasteiger partial charge in [-0.25, -0.2) is 0 Å². The molecule has 1 aliphatic rings. The van der Waals surface area contributed by atoms with Gasteiger partial charge in [0.1, 0.15) is 0 Å². The third-order valence-electron chi connectivity index (χ3n) is 4.51. The van der Waals surface area contributed by atoms with Crippen LogP contribution in [0.15, 0.2) is 30.3 Å². The third-order valence-corrected chi connectivity index (χ3v) is 4.51. The summed E-state index contributed by atoms with van der Waals surface area (Å²) in [5.41, 5.74) is 1.14. The lowest BCUT2D eigenvalue weighted by Gasteiger charge is -2.34. The summed E-state index contributed by atoms with van der Waals surface area (Å²) in [5.74, 6) is 0.690. The highest BCUT2D eigenvalue weighted by atomic mass is 16.3. The van der Waals surface area contributed by atoms with Gasteiger partial charge in [0.05, 0.1) is 18.7 Å². The van der Waals surface area contributed by atoms with E-state index in [-0.39, 0.29) is 18.1 Å². The summed E-state index contributed by atoms with van der Waals surface area (Å²) in [4.78, 5) is 14.4. The first kappa shape index (κ1) is 17.0. The minimum atomic E-state index is -0.323. The van der Waals surface area contributed by atoms with Crippen molar-refractivity contribution < 1.29 is 9.90 Å². The number of carbonyl (C=O) groups excluding carboxylic acids is 1. The highest BCUT2D eigenvalue weighted by Crippen LogP contribution is 2.21. The van der Waals surface area contributed by atoms with E-state index >= 15 is 0 Å². The van der Waals surface area contributed by atoms with Crippen molar-refractivity contribution in [3.63, 3.8) is 0 Å². The fourth-order valence-electron chi connectivity index (χ4n) is 2.98. The Morgan fingerprint density at radius 2 is 2.05 bits per heavy atom. The molecule has 4 heteroatoms. The molecule has 3 unspecified atom stereocenters. The van der Waals surface area contributed by atoms with Crippen molar-refractivity contribution in [1.82, 2.24) is 10.2 Å². The quantitative estimate of drug-likeness (QED) is 0.877. The molecular formula is C18H28N2O2. The van der Waals surface area contributed by atoms with E-state index in [1.165, 1.54) is 0 Å². The maximum absolute atomic E-state index is 12.4. The molecule has 4 nitrogen and oxygen atoms in total. The second-order valence-electron chi connectivity index (χ2n) is 6.77. The van der Waals surface area contributed by atoms with Crippen molar-refractivity contribution in [2.75, 3.05) is 19.6 Å². The molecule has 1 fully saturated rings. The van der Waals surface area contributed by atoms with Gasteiger partial charge in [0.25, 0.3) is 0 Å². The second-order valence-corrected chi connectivity index (χ2v) is 6.77. The van der Waals surface area contributed by atoms with Gasteiger partial charge in [-0.2, -0.15) is 0 Å². The summed E-state index contributed by atoms with van der Waals surface area (Å²) in [5, 5.41) is 13.1. The fourth-order valence-corrected chi connectivity index (χ4v) is 2.98. The number of piperidine rings is 1. The van der Waals surface area contributed by atoms with Crippen LogP contribution in [0, 0.1) is 11.8 Å². The van der Waals surface area contributed by atoms with Crippen LogP contribution in [0.2, 0.25) is 0 Å². The van der Waals surface area contributed by atoms with Crippen LogP contribution in [0.5, 0.6) is 0 Å².